The van der Waals surface area contributed by atoms with E-state index in [1.807, 2.05) is 19.0 Å². The summed E-state index contributed by atoms with van der Waals surface area (Å²) in [5, 5.41) is 9.80. The van der Waals surface area contributed by atoms with E-state index in [0.29, 0.717) is 18.3 Å². The van der Waals surface area contributed by atoms with E-state index in [2.05, 4.69) is 13.0 Å². The molecule has 1 atom stereocenters. The first-order valence-corrected chi connectivity index (χ1v) is 8.38. The summed E-state index contributed by atoms with van der Waals surface area (Å²) in [6.07, 6.45) is 3.11. The molecular formula is C16H20N4OS. The van der Waals surface area contributed by atoms with E-state index in [-0.39, 0.29) is 12.1 Å². The van der Waals surface area contributed by atoms with Crippen LogP contribution >= 0.6 is 11.3 Å². The maximum atomic E-state index is 12.9. The second-order valence-electron chi connectivity index (χ2n) is 6.35. The smallest absolute Gasteiger partial charge is 0.263 e. The summed E-state index contributed by atoms with van der Waals surface area (Å²) in [6.45, 7) is 2.88. The molecule has 1 unspecified atom stereocenters. The first kappa shape index (κ1) is 15.2. The van der Waals surface area contributed by atoms with Crippen molar-refractivity contribution in [3.8, 4) is 6.07 Å². The number of rotatable bonds is 3. The van der Waals surface area contributed by atoms with Gasteiger partial charge in [0.05, 0.1) is 18.0 Å². The van der Waals surface area contributed by atoms with Gasteiger partial charge in [0, 0.05) is 4.88 Å². The lowest BCUT2D eigenvalue weighted by atomic mass is 9.89. The van der Waals surface area contributed by atoms with Crippen LogP contribution in [0.5, 0.6) is 0 Å². The predicted octanol–water partition coefficient (Wildman–Crippen LogP) is 2.17. The van der Waals surface area contributed by atoms with Gasteiger partial charge in [0.25, 0.3) is 5.56 Å². The molecule has 0 radical (unpaired) electrons. The van der Waals surface area contributed by atoms with Gasteiger partial charge < -0.3 is 4.90 Å². The zero-order chi connectivity index (χ0) is 15.9. The van der Waals surface area contributed by atoms with Crippen LogP contribution in [0.3, 0.4) is 0 Å². The zero-order valence-electron chi connectivity index (χ0n) is 13.2. The molecule has 116 valence electrons. The lowest BCUT2D eigenvalue weighted by molar-refractivity contribution is 0.380. The van der Waals surface area contributed by atoms with Gasteiger partial charge in [0.15, 0.2) is 0 Å². The first-order chi connectivity index (χ1) is 10.5. The van der Waals surface area contributed by atoms with Gasteiger partial charge in [-0.3, -0.25) is 9.36 Å². The van der Waals surface area contributed by atoms with Gasteiger partial charge in [0.1, 0.15) is 17.2 Å². The molecule has 0 spiro atoms. The van der Waals surface area contributed by atoms with Crippen LogP contribution in [-0.2, 0) is 25.9 Å². The Morgan fingerprint density at radius 2 is 2.27 bits per heavy atom. The van der Waals surface area contributed by atoms with Gasteiger partial charge in [-0.2, -0.15) is 5.26 Å². The maximum Gasteiger partial charge on any atom is 0.263 e. The van der Waals surface area contributed by atoms with Crippen LogP contribution in [0.15, 0.2) is 4.79 Å². The third-order valence-electron chi connectivity index (χ3n) is 4.18. The summed E-state index contributed by atoms with van der Waals surface area (Å²) in [4.78, 5) is 21.7. The molecule has 1 aliphatic carbocycles. The minimum absolute atomic E-state index is 0.0459. The first-order valence-electron chi connectivity index (χ1n) is 7.57. The summed E-state index contributed by atoms with van der Waals surface area (Å²) < 4.78 is 1.54. The fourth-order valence-electron chi connectivity index (χ4n) is 3.10. The molecule has 0 bridgehead atoms. The number of nitriles is 1. The molecule has 0 fully saturated rings. The second-order valence-corrected chi connectivity index (χ2v) is 7.43. The lowest BCUT2D eigenvalue weighted by Gasteiger charge is -2.17. The Balaban J connectivity index is 2.24. The van der Waals surface area contributed by atoms with Crippen LogP contribution in [0.2, 0.25) is 0 Å². The minimum Gasteiger partial charge on any atom is -0.302 e. The average Bonchev–Trinajstić information content (AvgIpc) is 2.79. The van der Waals surface area contributed by atoms with Gasteiger partial charge in [-0.1, -0.05) is 6.92 Å². The molecule has 2 heterocycles. The molecule has 1 aliphatic rings. The normalized spacial score (nSPS) is 17.7. The van der Waals surface area contributed by atoms with Crippen LogP contribution in [0.4, 0.5) is 0 Å². The predicted molar refractivity (Wildman–Crippen MR) is 88.1 cm³/mol. The highest BCUT2D eigenvalue weighted by Gasteiger charge is 2.24. The second kappa shape index (κ2) is 5.82. The highest BCUT2D eigenvalue weighted by molar-refractivity contribution is 7.18. The van der Waals surface area contributed by atoms with Crippen molar-refractivity contribution in [3.05, 3.63) is 26.6 Å². The molecule has 0 aliphatic heterocycles. The van der Waals surface area contributed by atoms with Crippen molar-refractivity contribution in [3.63, 3.8) is 0 Å². The Labute approximate surface area is 133 Å². The van der Waals surface area contributed by atoms with Crippen molar-refractivity contribution < 1.29 is 0 Å². The Bertz CT molecular complexity index is 812. The van der Waals surface area contributed by atoms with Gasteiger partial charge in [-0.25, -0.2) is 4.98 Å². The number of fused-ring (bicyclic) bond motifs is 3. The van der Waals surface area contributed by atoms with Gasteiger partial charge in [-0.05, 0) is 44.8 Å². The summed E-state index contributed by atoms with van der Waals surface area (Å²) in [7, 11) is 3.88. The SMILES string of the molecule is CC1CCc2c(sc3nc(CN(C)C)n(CC#N)c(=O)c23)C1. The number of hydrogen-bond acceptors (Lipinski definition) is 5. The molecule has 5 nitrogen and oxygen atoms in total. The molecule has 0 aromatic carbocycles. The molecule has 3 rings (SSSR count). The van der Waals surface area contributed by atoms with Gasteiger partial charge >= 0.3 is 0 Å². The topological polar surface area (TPSA) is 61.9 Å². The third kappa shape index (κ3) is 2.55. The third-order valence-corrected chi connectivity index (χ3v) is 5.33. The minimum atomic E-state index is -0.0459. The lowest BCUT2D eigenvalue weighted by Crippen LogP contribution is -2.28. The Hall–Kier alpha value is -1.71. The number of aryl methyl sites for hydroxylation is 1. The van der Waals surface area contributed by atoms with Crippen molar-refractivity contribution >= 4 is 21.6 Å². The largest absolute Gasteiger partial charge is 0.302 e. The monoisotopic (exact) mass is 316 g/mol. The summed E-state index contributed by atoms with van der Waals surface area (Å²) in [6, 6.07) is 2.09. The van der Waals surface area contributed by atoms with Gasteiger partial charge in [-0.15, -0.1) is 11.3 Å². The molecular weight excluding hydrogens is 296 g/mol. The quantitative estimate of drug-likeness (QED) is 0.870. The molecule has 0 N–H and O–H groups in total. The van der Waals surface area contributed by atoms with Crippen LogP contribution in [0, 0.1) is 17.2 Å². The average molecular weight is 316 g/mol. The molecule has 2 aromatic heterocycles. The molecule has 2 aromatic rings. The summed E-state index contributed by atoms with van der Waals surface area (Å²) in [5.74, 6) is 1.35. The summed E-state index contributed by atoms with van der Waals surface area (Å²) >= 11 is 1.66. The molecule has 0 saturated heterocycles. The van der Waals surface area contributed by atoms with E-state index in [9.17, 15) is 4.79 Å². The Morgan fingerprint density at radius 3 is 2.95 bits per heavy atom. The summed E-state index contributed by atoms with van der Waals surface area (Å²) in [5.41, 5.74) is 1.13. The van der Waals surface area contributed by atoms with E-state index in [1.54, 1.807) is 11.3 Å². The van der Waals surface area contributed by atoms with Crippen molar-refractivity contribution in [2.75, 3.05) is 14.1 Å². The standard InChI is InChI=1S/C16H20N4OS/c1-10-4-5-11-12(8-10)22-15-14(11)16(21)20(7-6-17)13(18-15)9-19(2)3/h10H,4-5,7-9H2,1-3H3. The van der Waals surface area contributed by atoms with E-state index in [4.69, 9.17) is 10.2 Å². The van der Waals surface area contributed by atoms with Crippen LogP contribution in [0.1, 0.15) is 29.6 Å². The fraction of sp³-hybridized carbons (Fsp3) is 0.562. The van der Waals surface area contributed by atoms with Crippen molar-refractivity contribution in [1.82, 2.24) is 14.5 Å². The molecule has 6 heteroatoms. The highest BCUT2D eigenvalue weighted by atomic mass is 32.1. The number of thiophene rings is 1. The van der Waals surface area contributed by atoms with E-state index in [0.717, 1.165) is 29.5 Å². The molecule has 22 heavy (non-hydrogen) atoms. The van der Waals surface area contributed by atoms with Crippen LogP contribution < -0.4 is 5.56 Å². The van der Waals surface area contributed by atoms with Crippen LogP contribution in [0.25, 0.3) is 10.2 Å². The highest BCUT2D eigenvalue weighted by Crippen LogP contribution is 2.35. The number of hydrogen-bond donors (Lipinski definition) is 0. The van der Waals surface area contributed by atoms with Crippen molar-refractivity contribution in [2.24, 2.45) is 5.92 Å². The molecule has 0 amide bonds. The Morgan fingerprint density at radius 1 is 1.50 bits per heavy atom. The number of nitrogens with zero attached hydrogens (tertiary/aromatic N) is 4. The number of aromatic nitrogens is 2. The zero-order valence-corrected chi connectivity index (χ0v) is 14.0. The van der Waals surface area contributed by atoms with Crippen LogP contribution in [-0.4, -0.2) is 28.5 Å². The maximum absolute atomic E-state index is 12.9. The van der Waals surface area contributed by atoms with Crippen molar-refractivity contribution in [1.29, 1.82) is 5.26 Å². The van der Waals surface area contributed by atoms with E-state index < -0.39 is 0 Å². The fourth-order valence-corrected chi connectivity index (χ4v) is 4.49. The van der Waals surface area contributed by atoms with Gasteiger partial charge in [0.2, 0.25) is 0 Å². The molecule has 0 saturated carbocycles. The van der Waals surface area contributed by atoms with E-state index in [1.165, 1.54) is 15.0 Å². The van der Waals surface area contributed by atoms with Crippen molar-refractivity contribution in [2.45, 2.75) is 39.3 Å². The Kier molecular flexibility index (Phi) is 4.02. The van der Waals surface area contributed by atoms with E-state index >= 15 is 0 Å².